The van der Waals surface area contributed by atoms with Gasteiger partial charge in [0.1, 0.15) is 11.9 Å². The number of hydrogen-bond acceptors (Lipinski definition) is 13. The topological polar surface area (TPSA) is 215 Å². The second kappa shape index (κ2) is 18.9. The quantitative estimate of drug-likeness (QED) is 0.0699. The van der Waals surface area contributed by atoms with Gasteiger partial charge in [0.25, 0.3) is 11.8 Å². The molecule has 0 saturated carbocycles. The van der Waals surface area contributed by atoms with Crippen molar-refractivity contribution in [2.45, 2.75) is 89.1 Å². The fourth-order valence-electron chi connectivity index (χ4n) is 7.87. The van der Waals surface area contributed by atoms with Crippen LogP contribution in [0.5, 0.6) is 0 Å². The second-order valence-electron chi connectivity index (χ2n) is 17.0. The van der Waals surface area contributed by atoms with E-state index in [4.69, 9.17) is 0 Å². The Balaban J connectivity index is 0.814. The number of nitrogens with one attached hydrogen (secondary N) is 5. The molecule has 0 spiro atoms. The van der Waals surface area contributed by atoms with Gasteiger partial charge < -0.3 is 25.8 Å². The van der Waals surface area contributed by atoms with E-state index in [0.29, 0.717) is 49.2 Å². The monoisotopic (exact) mass is 878 g/mol. The van der Waals surface area contributed by atoms with Crippen LogP contribution in [0.3, 0.4) is 0 Å². The van der Waals surface area contributed by atoms with E-state index in [0.717, 1.165) is 60.6 Å². The summed E-state index contributed by atoms with van der Waals surface area (Å²) < 4.78 is 28.5. The van der Waals surface area contributed by atoms with Gasteiger partial charge in [0.2, 0.25) is 33.7 Å². The molecule has 1 unspecified atom stereocenters. The number of carbonyl (C=O) groups is 5. The van der Waals surface area contributed by atoms with Crippen molar-refractivity contribution in [2.75, 3.05) is 53.6 Å². The van der Waals surface area contributed by atoms with E-state index in [-0.39, 0.29) is 34.8 Å². The lowest BCUT2D eigenvalue weighted by Crippen LogP contribution is -2.54. The summed E-state index contributed by atoms with van der Waals surface area (Å²) in [6.07, 6.45) is 5.69. The largest absolute Gasteiger partial charge is 0.384 e. The van der Waals surface area contributed by atoms with Gasteiger partial charge in [-0.3, -0.25) is 34.2 Å². The highest BCUT2D eigenvalue weighted by molar-refractivity contribution is 7.89. The molecule has 3 aromatic carbocycles. The summed E-state index contributed by atoms with van der Waals surface area (Å²) in [4.78, 5) is 77.9. The van der Waals surface area contributed by atoms with Crippen LogP contribution in [0.15, 0.2) is 77.8 Å². The Morgan fingerprint density at radius 3 is 2.32 bits per heavy atom. The molecule has 4 heterocycles. The standard InChI is InChI=1S/C45H54N10O7S/c1-29-28-47-44(51-40(29)48-31-11-9-12-33(27-31)63(61,62)52-45(2,3)4)49-30-16-18-32(19-17-30)53-23-25-54(26-24-53)38(57)15-7-5-6-8-22-46-35-14-10-13-34-39(35)43(60)55(42(34)59)36-20-21-37(56)50-41(36)58/h9-14,16-19,27-28,36,46,52H,5-8,15,20-26H2,1-4H3,(H,50,56,58)(H2,47,48,49,51). The SMILES string of the molecule is Cc1cnc(Nc2ccc(N3CCN(C(=O)CCCCCCNc4cccc5c4C(=O)N(C4CCC(=O)NC4=O)C5=O)CC3)cc2)nc1Nc1cccc(S(=O)(=O)NC(C)(C)C)c1. The third-order valence-electron chi connectivity index (χ3n) is 11.0. The number of aryl methyl sites for hydroxylation is 1. The molecule has 0 aliphatic carbocycles. The number of rotatable bonds is 16. The molecule has 5 amide bonds. The van der Waals surface area contributed by atoms with E-state index < -0.39 is 45.2 Å². The van der Waals surface area contributed by atoms with Gasteiger partial charge in [-0.1, -0.05) is 25.0 Å². The minimum absolute atomic E-state index is 0.0659. The molecule has 3 aliphatic heterocycles. The molecular weight excluding hydrogens is 825 g/mol. The molecule has 5 N–H and O–H groups in total. The molecule has 17 nitrogen and oxygen atoms in total. The van der Waals surface area contributed by atoms with Crippen LogP contribution in [0, 0.1) is 6.92 Å². The minimum atomic E-state index is -3.71. The molecule has 0 radical (unpaired) electrons. The fourth-order valence-corrected chi connectivity index (χ4v) is 9.33. The van der Waals surface area contributed by atoms with Gasteiger partial charge in [-0.2, -0.15) is 4.98 Å². The first-order chi connectivity index (χ1) is 30.1. The average Bonchev–Trinajstić information content (AvgIpc) is 3.50. The summed E-state index contributed by atoms with van der Waals surface area (Å²) in [5, 5.41) is 12.0. The maximum absolute atomic E-state index is 13.3. The van der Waals surface area contributed by atoms with Gasteiger partial charge in [0.15, 0.2) is 0 Å². The van der Waals surface area contributed by atoms with Crippen molar-refractivity contribution < 1.29 is 32.4 Å². The number of piperazine rings is 1. The Morgan fingerprint density at radius 1 is 0.857 bits per heavy atom. The first kappa shape index (κ1) is 44.6. The van der Waals surface area contributed by atoms with Crippen LogP contribution < -0.4 is 30.9 Å². The predicted octanol–water partition coefficient (Wildman–Crippen LogP) is 5.46. The number of unbranched alkanes of at least 4 members (excludes halogenated alkanes) is 3. The maximum Gasteiger partial charge on any atom is 0.264 e. The van der Waals surface area contributed by atoms with Crippen molar-refractivity contribution in [1.29, 1.82) is 0 Å². The number of amides is 5. The molecule has 2 saturated heterocycles. The van der Waals surface area contributed by atoms with Crippen LogP contribution >= 0.6 is 0 Å². The van der Waals surface area contributed by atoms with E-state index in [2.05, 4.69) is 40.9 Å². The smallest absolute Gasteiger partial charge is 0.264 e. The van der Waals surface area contributed by atoms with Crippen molar-refractivity contribution >= 4 is 74.1 Å². The van der Waals surface area contributed by atoms with Crippen molar-refractivity contribution in [3.63, 3.8) is 0 Å². The number of piperidine rings is 1. The summed E-state index contributed by atoms with van der Waals surface area (Å²) in [5.41, 5.74) is 3.61. The first-order valence-corrected chi connectivity index (χ1v) is 22.8. The Labute approximate surface area is 367 Å². The van der Waals surface area contributed by atoms with E-state index in [1.165, 1.54) is 0 Å². The molecular formula is C45H54N10O7S. The number of fused-ring (bicyclic) bond motifs is 1. The zero-order valence-electron chi connectivity index (χ0n) is 36.0. The molecule has 2 fully saturated rings. The van der Waals surface area contributed by atoms with Gasteiger partial charge >= 0.3 is 0 Å². The maximum atomic E-state index is 13.3. The van der Waals surface area contributed by atoms with E-state index >= 15 is 0 Å². The second-order valence-corrected chi connectivity index (χ2v) is 18.7. The van der Waals surface area contributed by atoms with Gasteiger partial charge in [0, 0.05) is 85.6 Å². The van der Waals surface area contributed by atoms with Crippen LogP contribution in [0.4, 0.5) is 34.5 Å². The van der Waals surface area contributed by atoms with Crippen molar-refractivity contribution in [2.24, 2.45) is 0 Å². The Morgan fingerprint density at radius 2 is 1.59 bits per heavy atom. The number of benzene rings is 3. The van der Waals surface area contributed by atoms with Crippen LogP contribution in [-0.4, -0.2) is 102 Å². The van der Waals surface area contributed by atoms with Gasteiger partial charge in [-0.25, -0.2) is 18.1 Å². The summed E-state index contributed by atoms with van der Waals surface area (Å²) >= 11 is 0. The summed E-state index contributed by atoms with van der Waals surface area (Å²) in [5.74, 6) is -1.05. The number of nitrogens with zero attached hydrogens (tertiary/aromatic N) is 5. The van der Waals surface area contributed by atoms with Crippen LogP contribution in [0.25, 0.3) is 0 Å². The first-order valence-electron chi connectivity index (χ1n) is 21.3. The lowest BCUT2D eigenvalue weighted by molar-refractivity contribution is -0.136. The number of hydrogen-bond donors (Lipinski definition) is 5. The molecule has 18 heteroatoms. The lowest BCUT2D eigenvalue weighted by atomic mass is 10.0. The van der Waals surface area contributed by atoms with Crippen molar-refractivity contribution in [1.82, 2.24) is 29.8 Å². The van der Waals surface area contributed by atoms with Crippen LogP contribution in [0.2, 0.25) is 0 Å². The third-order valence-corrected chi connectivity index (χ3v) is 12.8. The molecule has 7 rings (SSSR count). The number of carbonyl (C=O) groups excluding carboxylic acids is 5. The minimum Gasteiger partial charge on any atom is -0.384 e. The van der Waals surface area contributed by atoms with Crippen LogP contribution in [0.1, 0.15) is 92.0 Å². The highest BCUT2D eigenvalue weighted by Crippen LogP contribution is 2.33. The van der Waals surface area contributed by atoms with Crippen molar-refractivity contribution in [3.8, 4) is 0 Å². The van der Waals surface area contributed by atoms with Gasteiger partial charge in [-0.15, -0.1) is 0 Å². The Kier molecular flexibility index (Phi) is 13.4. The molecule has 1 aromatic heterocycles. The van der Waals surface area contributed by atoms with E-state index in [1.807, 2.05) is 36.1 Å². The molecule has 63 heavy (non-hydrogen) atoms. The average molecular weight is 879 g/mol. The third kappa shape index (κ3) is 10.8. The van der Waals surface area contributed by atoms with Crippen molar-refractivity contribution in [3.05, 3.63) is 89.6 Å². The van der Waals surface area contributed by atoms with Gasteiger partial charge in [0.05, 0.1) is 16.0 Å². The highest BCUT2D eigenvalue weighted by atomic mass is 32.2. The molecule has 332 valence electrons. The zero-order valence-corrected chi connectivity index (χ0v) is 36.8. The molecule has 0 bridgehead atoms. The summed E-state index contributed by atoms with van der Waals surface area (Å²) in [7, 11) is -3.71. The molecule has 1 atom stereocenters. The zero-order chi connectivity index (χ0) is 44.9. The van der Waals surface area contributed by atoms with Crippen LogP contribution in [-0.2, 0) is 24.4 Å². The van der Waals surface area contributed by atoms with Gasteiger partial charge in [-0.05, 0) is 102 Å². The summed E-state index contributed by atoms with van der Waals surface area (Å²) in [6, 6.07) is 18.6. The number of anilines is 6. The highest BCUT2D eigenvalue weighted by Gasteiger charge is 2.45. The number of imide groups is 2. The Hall–Kier alpha value is -6.40. The lowest BCUT2D eigenvalue weighted by Gasteiger charge is -2.36. The Bertz CT molecular complexity index is 2500. The predicted molar refractivity (Wildman–Crippen MR) is 240 cm³/mol. The number of aromatic nitrogens is 2. The normalized spacial score (nSPS) is 16.8. The molecule has 4 aromatic rings. The summed E-state index contributed by atoms with van der Waals surface area (Å²) in [6.45, 7) is 10.5. The van der Waals surface area contributed by atoms with E-state index in [9.17, 15) is 32.4 Å². The molecule has 3 aliphatic rings. The van der Waals surface area contributed by atoms with E-state index in [1.54, 1.807) is 69.4 Å². The fraction of sp³-hybridized carbons (Fsp3) is 0.400. The number of sulfonamides is 1.